The van der Waals surface area contributed by atoms with Crippen LogP contribution in [0.25, 0.3) is 0 Å². The molecule has 1 aromatic carbocycles. The number of aliphatic carboxylic acids is 1. The number of benzene rings is 1. The van der Waals surface area contributed by atoms with Gasteiger partial charge < -0.3 is 10.4 Å². The van der Waals surface area contributed by atoms with Gasteiger partial charge in [-0.1, -0.05) is 32.0 Å². The standard InChI is InChI=1S/C16H24N2O5S/c1-12(2)11-14(17-10-6-9-15(19)20)16(21)18-24(22,23)13-7-4-3-5-8-13/h3-5,7-8,12,14,17H,6,9-11H2,1-2H3,(H,18,21)(H,19,20)/t14-/m0/s1. The zero-order chi connectivity index (χ0) is 18.2. The van der Waals surface area contributed by atoms with Gasteiger partial charge in [0.05, 0.1) is 10.9 Å². The minimum absolute atomic E-state index is 0.00860. The number of hydrogen-bond donors (Lipinski definition) is 3. The second-order valence-electron chi connectivity index (χ2n) is 5.92. The maximum absolute atomic E-state index is 12.3. The zero-order valence-electron chi connectivity index (χ0n) is 13.9. The Morgan fingerprint density at radius 3 is 2.33 bits per heavy atom. The van der Waals surface area contributed by atoms with Crippen molar-refractivity contribution in [3.63, 3.8) is 0 Å². The molecule has 0 heterocycles. The summed E-state index contributed by atoms with van der Waals surface area (Å²) in [6.07, 6.45) is 0.803. The molecule has 24 heavy (non-hydrogen) atoms. The van der Waals surface area contributed by atoms with Gasteiger partial charge in [-0.25, -0.2) is 13.1 Å². The summed E-state index contributed by atoms with van der Waals surface area (Å²) in [5, 5.41) is 11.6. The number of amides is 1. The molecule has 0 radical (unpaired) electrons. The quantitative estimate of drug-likeness (QED) is 0.546. The van der Waals surface area contributed by atoms with E-state index in [0.29, 0.717) is 19.4 Å². The van der Waals surface area contributed by atoms with Crippen molar-refractivity contribution in [2.75, 3.05) is 6.54 Å². The summed E-state index contributed by atoms with van der Waals surface area (Å²) in [7, 11) is -3.92. The number of carbonyl (C=O) groups is 2. The largest absolute Gasteiger partial charge is 0.481 e. The smallest absolute Gasteiger partial charge is 0.303 e. The molecule has 1 amide bonds. The first kappa shape index (κ1) is 20.1. The Bertz CT molecular complexity index is 644. The fourth-order valence-corrected chi connectivity index (χ4v) is 3.17. The van der Waals surface area contributed by atoms with E-state index in [1.54, 1.807) is 18.2 Å². The molecule has 0 aliphatic heterocycles. The normalized spacial score (nSPS) is 12.8. The molecule has 0 fully saturated rings. The van der Waals surface area contributed by atoms with Crippen LogP contribution in [0.2, 0.25) is 0 Å². The van der Waals surface area contributed by atoms with Crippen LogP contribution in [0.3, 0.4) is 0 Å². The average molecular weight is 356 g/mol. The van der Waals surface area contributed by atoms with Gasteiger partial charge in [0.25, 0.3) is 15.9 Å². The van der Waals surface area contributed by atoms with Crippen LogP contribution in [0.4, 0.5) is 0 Å². The minimum Gasteiger partial charge on any atom is -0.481 e. The molecule has 1 rings (SSSR count). The van der Waals surface area contributed by atoms with Gasteiger partial charge in [0.1, 0.15) is 0 Å². The van der Waals surface area contributed by atoms with Crippen molar-refractivity contribution in [1.29, 1.82) is 0 Å². The predicted molar refractivity (Wildman–Crippen MR) is 89.9 cm³/mol. The number of hydrogen-bond acceptors (Lipinski definition) is 5. The number of carbonyl (C=O) groups excluding carboxylic acids is 1. The van der Waals surface area contributed by atoms with Crippen molar-refractivity contribution in [3.05, 3.63) is 30.3 Å². The molecule has 3 N–H and O–H groups in total. The molecule has 0 aliphatic rings. The molecule has 7 nitrogen and oxygen atoms in total. The highest BCUT2D eigenvalue weighted by Crippen LogP contribution is 2.10. The van der Waals surface area contributed by atoms with E-state index in [9.17, 15) is 18.0 Å². The van der Waals surface area contributed by atoms with Crippen molar-refractivity contribution in [3.8, 4) is 0 Å². The Balaban J connectivity index is 2.71. The van der Waals surface area contributed by atoms with Crippen LogP contribution in [0.15, 0.2) is 35.2 Å². The van der Waals surface area contributed by atoms with Crippen LogP contribution in [0, 0.1) is 5.92 Å². The molecule has 0 aliphatic carbocycles. The fraction of sp³-hybridized carbons (Fsp3) is 0.500. The number of carboxylic acid groups (broad SMARTS) is 1. The third-order valence-corrected chi connectivity index (χ3v) is 4.63. The third kappa shape index (κ3) is 7.10. The lowest BCUT2D eigenvalue weighted by Gasteiger charge is -2.20. The summed E-state index contributed by atoms with van der Waals surface area (Å²) in [5.74, 6) is -1.37. The van der Waals surface area contributed by atoms with Crippen molar-refractivity contribution < 1.29 is 23.1 Å². The first-order chi connectivity index (χ1) is 11.2. The van der Waals surface area contributed by atoms with Gasteiger partial charge in [-0.15, -0.1) is 0 Å². The lowest BCUT2D eigenvalue weighted by Crippen LogP contribution is -2.47. The van der Waals surface area contributed by atoms with Gasteiger partial charge in [-0.3, -0.25) is 9.59 Å². The second kappa shape index (κ2) is 9.39. The van der Waals surface area contributed by atoms with Crippen LogP contribution in [-0.4, -0.2) is 38.0 Å². The summed E-state index contributed by atoms with van der Waals surface area (Å²) in [4.78, 5) is 22.9. The average Bonchev–Trinajstić information content (AvgIpc) is 2.50. The predicted octanol–water partition coefficient (Wildman–Crippen LogP) is 1.36. The van der Waals surface area contributed by atoms with Crippen molar-refractivity contribution in [2.45, 2.75) is 44.0 Å². The maximum atomic E-state index is 12.3. The first-order valence-electron chi connectivity index (χ1n) is 7.79. The molecule has 0 saturated carbocycles. The van der Waals surface area contributed by atoms with Crippen LogP contribution < -0.4 is 10.0 Å². The lowest BCUT2D eigenvalue weighted by atomic mass is 10.0. The van der Waals surface area contributed by atoms with E-state index in [2.05, 4.69) is 10.0 Å². The van der Waals surface area contributed by atoms with Crippen LogP contribution in [-0.2, 0) is 19.6 Å². The van der Waals surface area contributed by atoms with E-state index in [0.717, 1.165) is 0 Å². The molecule has 0 bridgehead atoms. The number of nitrogens with one attached hydrogen (secondary N) is 2. The van der Waals surface area contributed by atoms with Gasteiger partial charge in [0.15, 0.2) is 0 Å². The summed E-state index contributed by atoms with van der Waals surface area (Å²) in [6, 6.07) is 6.97. The Labute approximate surface area is 142 Å². The molecule has 134 valence electrons. The van der Waals surface area contributed by atoms with Gasteiger partial charge >= 0.3 is 5.97 Å². The van der Waals surface area contributed by atoms with E-state index < -0.39 is 27.9 Å². The Morgan fingerprint density at radius 2 is 1.79 bits per heavy atom. The lowest BCUT2D eigenvalue weighted by molar-refractivity contribution is -0.137. The van der Waals surface area contributed by atoms with E-state index in [1.807, 2.05) is 13.8 Å². The highest BCUT2D eigenvalue weighted by Gasteiger charge is 2.24. The zero-order valence-corrected chi connectivity index (χ0v) is 14.7. The monoisotopic (exact) mass is 356 g/mol. The molecule has 0 saturated heterocycles. The molecular weight excluding hydrogens is 332 g/mol. The van der Waals surface area contributed by atoms with Gasteiger partial charge in [-0.05, 0) is 37.4 Å². The summed E-state index contributed by atoms with van der Waals surface area (Å²) >= 11 is 0. The number of carboxylic acids is 1. The molecule has 0 spiro atoms. The molecule has 1 atom stereocenters. The maximum Gasteiger partial charge on any atom is 0.303 e. The first-order valence-corrected chi connectivity index (χ1v) is 9.27. The van der Waals surface area contributed by atoms with Gasteiger partial charge in [0.2, 0.25) is 0 Å². The SMILES string of the molecule is CC(C)C[C@H](NCCCC(=O)O)C(=O)NS(=O)(=O)c1ccccc1. The van der Waals surface area contributed by atoms with Crippen molar-refractivity contribution in [2.24, 2.45) is 5.92 Å². The molecular formula is C16H24N2O5S. The Kier molecular flexibility index (Phi) is 7.87. The van der Waals surface area contributed by atoms with Gasteiger partial charge in [-0.2, -0.15) is 0 Å². The molecule has 8 heteroatoms. The van der Waals surface area contributed by atoms with E-state index in [-0.39, 0.29) is 17.2 Å². The van der Waals surface area contributed by atoms with Crippen LogP contribution in [0.1, 0.15) is 33.1 Å². The number of sulfonamides is 1. The second-order valence-corrected chi connectivity index (χ2v) is 7.60. The number of rotatable bonds is 10. The highest BCUT2D eigenvalue weighted by molar-refractivity contribution is 7.90. The van der Waals surface area contributed by atoms with Crippen LogP contribution >= 0.6 is 0 Å². The minimum atomic E-state index is -3.92. The molecule has 1 aromatic rings. The summed E-state index contributed by atoms with van der Waals surface area (Å²) < 4.78 is 26.5. The molecule has 0 aromatic heterocycles. The van der Waals surface area contributed by atoms with E-state index in [1.165, 1.54) is 12.1 Å². The van der Waals surface area contributed by atoms with Crippen molar-refractivity contribution in [1.82, 2.24) is 10.0 Å². The Morgan fingerprint density at radius 1 is 1.17 bits per heavy atom. The molecule has 0 unspecified atom stereocenters. The summed E-state index contributed by atoms with van der Waals surface area (Å²) in [5.41, 5.74) is 0. The van der Waals surface area contributed by atoms with Gasteiger partial charge in [0, 0.05) is 6.42 Å². The highest BCUT2D eigenvalue weighted by atomic mass is 32.2. The topological polar surface area (TPSA) is 113 Å². The Hall–Kier alpha value is -1.93. The van der Waals surface area contributed by atoms with E-state index >= 15 is 0 Å². The summed E-state index contributed by atoms with van der Waals surface area (Å²) in [6.45, 7) is 4.16. The van der Waals surface area contributed by atoms with Crippen LogP contribution in [0.5, 0.6) is 0 Å². The fourth-order valence-electron chi connectivity index (χ4n) is 2.13. The van der Waals surface area contributed by atoms with E-state index in [4.69, 9.17) is 5.11 Å². The van der Waals surface area contributed by atoms with Crippen molar-refractivity contribution >= 4 is 21.9 Å². The third-order valence-electron chi connectivity index (χ3n) is 3.27.